The average Bonchev–Trinajstić information content (AvgIpc) is 2.54. The van der Waals surface area contributed by atoms with Crippen molar-refractivity contribution in [1.29, 1.82) is 0 Å². The van der Waals surface area contributed by atoms with Crippen LogP contribution < -0.4 is 5.32 Å². The molecule has 12 heavy (non-hydrogen) atoms. The molecule has 0 aliphatic carbocycles. The van der Waals surface area contributed by atoms with E-state index in [1.807, 2.05) is 7.05 Å². The third-order valence-electron chi connectivity index (χ3n) is 2.34. The molecule has 1 aliphatic rings. The zero-order valence-corrected chi connectivity index (χ0v) is 7.55. The van der Waals surface area contributed by atoms with E-state index in [9.17, 15) is 4.79 Å². The molecular weight excluding hydrogens is 158 g/mol. The maximum atomic E-state index is 11.0. The van der Waals surface area contributed by atoms with Gasteiger partial charge in [0.2, 0.25) is 0 Å². The molecule has 4 nitrogen and oxygen atoms in total. The van der Waals surface area contributed by atoms with Gasteiger partial charge in [-0.15, -0.1) is 0 Å². The number of likely N-dealkylation sites (N-methyl/N-ethyl adjacent to an activating group) is 1. The summed E-state index contributed by atoms with van der Waals surface area (Å²) in [6.07, 6.45) is 1.26. The minimum atomic E-state index is -0.187. The number of nitrogens with one attached hydrogen (secondary N) is 1. The van der Waals surface area contributed by atoms with Crippen molar-refractivity contribution in [2.24, 2.45) is 0 Å². The Morgan fingerprint density at radius 3 is 2.92 bits per heavy atom. The first kappa shape index (κ1) is 9.48. The van der Waals surface area contributed by atoms with E-state index in [1.165, 1.54) is 7.11 Å². The third kappa shape index (κ3) is 1.95. The Labute approximate surface area is 72.2 Å². The minimum Gasteiger partial charge on any atom is -0.469 e. The number of carbonyl (C=O) groups is 1. The smallest absolute Gasteiger partial charge is 0.307 e. The number of rotatable bonds is 3. The standard InChI is InChI=1S/C8H15NO3/c1-9-8(3-4-12-6-8)5-7(10)11-2/h9H,3-6H2,1-2H3/t8-/m1/s1. The summed E-state index contributed by atoms with van der Waals surface area (Å²) < 4.78 is 9.83. The topological polar surface area (TPSA) is 47.6 Å². The van der Waals surface area contributed by atoms with Gasteiger partial charge in [-0.05, 0) is 13.5 Å². The highest BCUT2D eigenvalue weighted by molar-refractivity contribution is 5.70. The molecule has 1 saturated heterocycles. The number of ether oxygens (including phenoxy) is 2. The van der Waals surface area contributed by atoms with Gasteiger partial charge in [0.25, 0.3) is 0 Å². The Hall–Kier alpha value is -0.610. The molecule has 0 aromatic heterocycles. The summed E-state index contributed by atoms with van der Waals surface area (Å²) >= 11 is 0. The van der Waals surface area contributed by atoms with Crippen molar-refractivity contribution < 1.29 is 14.3 Å². The van der Waals surface area contributed by atoms with Crippen LogP contribution in [0.15, 0.2) is 0 Å². The van der Waals surface area contributed by atoms with Crippen LogP contribution in [0.1, 0.15) is 12.8 Å². The van der Waals surface area contributed by atoms with Gasteiger partial charge in [-0.1, -0.05) is 0 Å². The van der Waals surface area contributed by atoms with Crippen molar-refractivity contribution in [1.82, 2.24) is 5.32 Å². The summed E-state index contributed by atoms with van der Waals surface area (Å²) in [7, 11) is 3.25. The molecule has 1 fully saturated rings. The van der Waals surface area contributed by atoms with Gasteiger partial charge >= 0.3 is 5.97 Å². The fourth-order valence-corrected chi connectivity index (χ4v) is 1.38. The number of hydrogen-bond acceptors (Lipinski definition) is 4. The second-order valence-electron chi connectivity index (χ2n) is 3.09. The Balaban J connectivity index is 2.49. The van der Waals surface area contributed by atoms with Gasteiger partial charge in [0.1, 0.15) is 0 Å². The number of methoxy groups -OCH3 is 1. The second-order valence-corrected chi connectivity index (χ2v) is 3.09. The predicted molar refractivity (Wildman–Crippen MR) is 43.9 cm³/mol. The molecule has 1 N–H and O–H groups in total. The molecule has 0 aromatic rings. The number of esters is 1. The van der Waals surface area contributed by atoms with Crippen LogP contribution in [0.2, 0.25) is 0 Å². The molecule has 1 aliphatic heterocycles. The highest BCUT2D eigenvalue weighted by Crippen LogP contribution is 2.22. The van der Waals surface area contributed by atoms with Gasteiger partial charge in [-0.25, -0.2) is 0 Å². The molecule has 1 atom stereocenters. The predicted octanol–water partition coefficient (Wildman–Crippen LogP) is -0.0720. The maximum absolute atomic E-state index is 11.0. The monoisotopic (exact) mass is 173 g/mol. The Kier molecular flexibility index (Phi) is 3.05. The second kappa shape index (κ2) is 3.87. The van der Waals surface area contributed by atoms with Crippen LogP contribution in [0.3, 0.4) is 0 Å². The molecule has 0 spiro atoms. The summed E-state index contributed by atoms with van der Waals surface area (Å²) in [4.78, 5) is 11.0. The van der Waals surface area contributed by atoms with Gasteiger partial charge < -0.3 is 14.8 Å². The van der Waals surface area contributed by atoms with Crippen LogP contribution in [0, 0.1) is 0 Å². The van der Waals surface area contributed by atoms with Crippen LogP contribution >= 0.6 is 0 Å². The lowest BCUT2D eigenvalue weighted by atomic mass is 9.95. The quantitative estimate of drug-likeness (QED) is 0.607. The van der Waals surface area contributed by atoms with E-state index in [4.69, 9.17) is 4.74 Å². The van der Waals surface area contributed by atoms with E-state index in [0.29, 0.717) is 13.0 Å². The van der Waals surface area contributed by atoms with Crippen LogP contribution in [0.5, 0.6) is 0 Å². The maximum Gasteiger partial charge on any atom is 0.307 e. The molecule has 0 saturated carbocycles. The fourth-order valence-electron chi connectivity index (χ4n) is 1.38. The molecule has 0 aromatic carbocycles. The first-order valence-corrected chi connectivity index (χ1v) is 4.06. The summed E-state index contributed by atoms with van der Waals surface area (Å²) in [6.45, 7) is 1.32. The van der Waals surface area contributed by atoms with Crippen LogP contribution in [-0.2, 0) is 14.3 Å². The average molecular weight is 173 g/mol. The lowest BCUT2D eigenvalue weighted by molar-refractivity contribution is -0.142. The first-order chi connectivity index (χ1) is 5.72. The lowest BCUT2D eigenvalue weighted by Crippen LogP contribution is -2.45. The first-order valence-electron chi connectivity index (χ1n) is 4.06. The van der Waals surface area contributed by atoms with Gasteiger partial charge in [-0.3, -0.25) is 4.79 Å². The molecule has 0 unspecified atom stereocenters. The van der Waals surface area contributed by atoms with Crippen molar-refractivity contribution in [2.45, 2.75) is 18.4 Å². The lowest BCUT2D eigenvalue weighted by Gasteiger charge is -2.24. The molecule has 1 rings (SSSR count). The van der Waals surface area contributed by atoms with Crippen LogP contribution in [0.25, 0.3) is 0 Å². The fraction of sp³-hybridized carbons (Fsp3) is 0.875. The highest BCUT2D eigenvalue weighted by Gasteiger charge is 2.35. The molecule has 0 radical (unpaired) electrons. The van der Waals surface area contributed by atoms with Gasteiger partial charge in [0.05, 0.1) is 25.7 Å². The van der Waals surface area contributed by atoms with E-state index in [-0.39, 0.29) is 11.5 Å². The highest BCUT2D eigenvalue weighted by atomic mass is 16.5. The molecule has 4 heteroatoms. The summed E-state index contributed by atoms with van der Waals surface area (Å²) in [5.74, 6) is -0.185. The van der Waals surface area contributed by atoms with Gasteiger partial charge in [-0.2, -0.15) is 0 Å². The Morgan fingerprint density at radius 2 is 2.50 bits per heavy atom. The molecule has 0 bridgehead atoms. The largest absolute Gasteiger partial charge is 0.469 e. The van der Waals surface area contributed by atoms with Gasteiger partial charge in [0.15, 0.2) is 0 Å². The van der Waals surface area contributed by atoms with E-state index in [1.54, 1.807) is 0 Å². The van der Waals surface area contributed by atoms with Gasteiger partial charge in [0, 0.05) is 6.61 Å². The molecular formula is C8H15NO3. The summed E-state index contributed by atoms with van der Waals surface area (Å²) in [5.41, 5.74) is -0.187. The van der Waals surface area contributed by atoms with E-state index in [0.717, 1.165) is 13.0 Å². The third-order valence-corrected chi connectivity index (χ3v) is 2.34. The van der Waals surface area contributed by atoms with Crippen molar-refractivity contribution >= 4 is 5.97 Å². The van der Waals surface area contributed by atoms with Crippen molar-refractivity contribution in [3.63, 3.8) is 0 Å². The Morgan fingerprint density at radius 1 is 1.75 bits per heavy atom. The molecule has 70 valence electrons. The van der Waals surface area contributed by atoms with Crippen LogP contribution in [0.4, 0.5) is 0 Å². The summed E-state index contributed by atoms with van der Waals surface area (Å²) in [5, 5.41) is 3.12. The minimum absolute atomic E-state index is 0.185. The van der Waals surface area contributed by atoms with E-state index < -0.39 is 0 Å². The normalized spacial score (nSPS) is 28.8. The Bertz CT molecular complexity index is 164. The van der Waals surface area contributed by atoms with E-state index >= 15 is 0 Å². The van der Waals surface area contributed by atoms with Crippen molar-refractivity contribution in [3.8, 4) is 0 Å². The van der Waals surface area contributed by atoms with Crippen molar-refractivity contribution in [2.75, 3.05) is 27.4 Å². The molecule has 0 amide bonds. The molecule has 1 heterocycles. The SMILES string of the molecule is CN[C@@]1(CC(=O)OC)CCOC1. The zero-order chi connectivity index (χ0) is 9.03. The van der Waals surface area contributed by atoms with E-state index in [2.05, 4.69) is 10.1 Å². The number of hydrogen-bond donors (Lipinski definition) is 1. The summed E-state index contributed by atoms with van der Waals surface area (Å²) in [6, 6.07) is 0. The van der Waals surface area contributed by atoms with Crippen LogP contribution in [-0.4, -0.2) is 38.9 Å². The zero-order valence-electron chi connectivity index (χ0n) is 7.55. The van der Waals surface area contributed by atoms with Crippen molar-refractivity contribution in [3.05, 3.63) is 0 Å². The number of carbonyl (C=O) groups excluding carboxylic acids is 1.